The highest BCUT2D eigenvalue weighted by Crippen LogP contribution is 2.21. The predicted octanol–water partition coefficient (Wildman–Crippen LogP) is 2.93. The van der Waals surface area contributed by atoms with Crippen LogP contribution in [0.2, 0.25) is 0 Å². The van der Waals surface area contributed by atoms with E-state index < -0.39 is 0 Å². The second kappa shape index (κ2) is 8.19. The maximum absolute atomic E-state index is 13.2. The molecule has 0 amide bonds. The van der Waals surface area contributed by atoms with Crippen molar-refractivity contribution < 1.29 is 4.39 Å². The van der Waals surface area contributed by atoms with Crippen LogP contribution in [0.5, 0.6) is 0 Å². The molecular formula is C23H25FN6O. The van der Waals surface area contributed by atoms with Crippen molar-refractivity contribution in [2.45, 2.75) is 45.7 Å². The van der Waals surface area contributed by atoms with Gasteiger partial charge >= 0.3 is 0 Å². The third-order valence-electron chi connectivity index (χ3n) is 6.12. The third-order valence-corrected chi connectivity index (χ3v) is 6.12. The minimum atomic E-state index is -0.265. The van der Waals surface area contributed by atoms with Crippen LogP contribution in [-0.4, -0.2) is 43.4 Å². The molecule has 1 N–H and O–H groups in total. The summed E-state index contributed by atoms with van der Waals surface area (Å²) in [6.45, 7) is 4.91. The van der Waals surface area contributed by atoms with Gasteiger partial charge in [0.05, 0.1) is 28.9 Å². The molecule has 31 heavy (non-hydrogen) atoms. The first-order valence-corrected chi connectivity index (χ1v) is 10.8. The summed E-state index contributed by atoms with van der Waals surface area (Å²) in [4.78, 5) is 27.3. The summed E-state index contributed by atoms with van der Waals surface area (Å²) < 4.78 is 15.0. The average Bonchev–Trinajstić information content (AvgIpc) is 3.15. The molecule has 8 heteroatoms. The van der Waals surface area contributed by atoms with Crippen LogP contribution in [0, 0.1) is 12.7 Å². The zero-order valence-electron chi connectivity index (χ0n) is 17.6. The topological polar surface area (TPSA) is 79.2 Å². The fourth-order valence-corrected chi connectivity index (χ4v) is 4.33. The van der Waals surface area contributed by atoms with E-state index in [-0.39, 0.29) is 11.4 Å². The molecule has 0 radical (unpaired) electrons. The highest BCUT2D eigenvalue weighted by Gasteiger charge is 2.23. The molecule has 0 atom stereocenters. The first kappa shape index (κ1) is 19.8. The molecule has 1 aromatic carbocycles. The number of hydrogen-bond donors (Lipinski definition) is 1. The summed E-state index contributed by atoms with van der Waals surface area (Å²) in [7, 11) is 0. The monoisotopic (exact) mass is 420 g/mol. The van der Waals surface area contributed by atoms with Crippen molar-refractivity contribution in [1.29, 1.82) is 0 Å². The lowest BCUT2D eigenvalue weighted by molar-refractivity contribution is 0.241. The number of nitrogens with one attached hydrogen (secondary N) is 1. The number of hydrogen-bond acceptors (Lipinski definition) is 5. The third kappa shape index (κ3) is 3.95. The van der Waals surface area contributed by atoms with E-state index in [2.05, 4.69) is 20.0 Å². The summed E-state index contributed by atoms with van der Waals surface area (Å²) in [5.74, 6) is 0.381. The molecule has 0 saturated carbocycles. The van der Waals surface area contributed by atoms with Gasteiger partial charge in [0.25, 0.3) is 5.56 Å². The van der Waals surface area contributed by atoms with Crippen molar-refractivity contribution in [2.75, 3.05) is 13.1 Å². The van der Waals surface area contributed by atoms with Crippen molar-refractivity contribution in [3.05, 3.63) is 75.0 Å². The van der Waals surface area contributed by atoms with Crippen LogP contribution in [-0.2, 0) is 19.5 Å². The van der Waals surface area contributed by atoms with Crippen LogP contribution >= 0.6 is 0 Å². The number of fused-ring (bicyclic) bond motifs is 1. The van der Waals surface area contributed by atoms with Crippen LogP contribution in [0.1, 0.15) is 47.6 Å². The number of rotatable bonds is 4. The normalized spacial score (nSPS) is 16.8. The van der Waals surface area contributed by atoms with E-state index in [0.29, 0.717) is 18.9 Å². The predicted molar refractivity (Wildman–Crippen MR) is 116 cm³/mol. The van der Waals surface area contributed by atoms with E-state index in [1.54, 1.807) is 12.1 Å². The molecule has 3 aromatic rings. The number of aromatic amines is 1. The molecule has 0 fully saturated rings. The van der Waals surface area contributed by atoms with Crippen LogP contribution in [0.25, 0.3) is 5.69 Å². The van der Waals surface area contributed by atoms with Gasteiger partial charge in [0.1, 0.15) is 5.82 Å². The van der Waals surface area contributed by atoms with Gasteiger partial charge in [0, 0.05) is 43.9 Å². The lowest BCUT2D eigenvalue weighted by Crippen LogP contribution is -2.36. The largest absolute Gasteiger partial charge is 0.305 e. The lowest BCUT2D eigenvalue weighted by atomic mass is 10.0. The molecule has 0 saturated heterocycles. The fraction of sp³-hybridized carbons (Fsp3) is 0.391. The van der Waals surface area contributed by atoms with Crippen molar-refractivity contribution >= 4 is 5.71 Å². The second-order valence-corrected chi connectivity index (χ2v) is 8.23. The van der Waals surface area contributed by atoms with Gasteiger partial charge in [-0.25, -0.2) is 14.1 Å². The van der Waals surface area contributed by atoms with Crippen molar-refractivity contribution in [3.63, 3.8) is 0 Å². The number of aliphatic imine (C=N–C) groups is 1. The second-order valence-electron chi connectivity index (χ2n) is 8.23. The Morgan fingerprint density at radius 2 is 2.00 bits per heavy atom. The molecule has 2 aromatic heterocycles. The first-order chi connectivity index (χ1) is 15.1. The number of aromatic nitrogens is 4. The zero-order chi connectivity index (χ0) is 21.4. The smallest absolute Gasteiger partial charge is 0.255 e. The highest BCUT2D eigenvalue weighted by molar-refractivity contribution is 5.97. The standard InChI is InChI=1S/C23H25FN6O/c1-15-16(12-26-30(15)18-7-5-17(24)6-8-18)13-29-11-9-20-19(14-29)23(31)28-22(27-20)21-4-2-3-10-25-21/h5-8,12H,2-4,9-11,13-14H2,1H3,(H,27,28,31). The summed E-state index contributed by atoms with van der Waals surface area (Å²) >= 11 is 0. The molecule has 160 valence electrons. The fourth-order valence-electron chi connectivity index (χ4n) is 4.33. The first-order valence-electron chi connectivity index (χ1n) is 10.8. The van der Waals surface area contributed by atoms with E-state index >= 15 is 0 Å². The van der Waals surface area contributed by atoms with Crippen molar-refractivity contribution in [2.24, 2.45) is 4.99 Å². The van der Waals surface area contributed by atoms with Gasteiger partial charge in [-0.1, -0.05) is 0 Å². The zero-order valence-corrected chi connectivity index (χ0v) is 17.6. The minimum absolute atomic E-state index is 0.0586. The molecule has 4 heterocycles. The summed E-state index contributed by atoms with van der Waals surface area (Å²) in [5, 5.41) is 4.48. The Balaban J connectivity index is 1.34. The molecule has 0 spiro atoms. The Morgan fingerprint density at radius 3 is 2.77 bits per heavy atom. The van der Waals surface area contributed by atoms with Gasteiger partial charge in [0.2, 0.25) is 0 Å². The summed E-state index contributed by atoms with van der Waals surface area (Å²) in [5.41, 5.74) is 5.43. The molecular weight excluding hydrogens is 395 g/mol. The summed E-state index contributed by atoms with van der Waals surface area (Å²) in [6.07, 6.45) is 5.67. The quantitative estimate of drug-likeness (QED) is 0.704. The number of H-pyrrole nitrogens is 1. The van der Waals surface area contributed by atoms with Gasteiger partial charge in [0.15, 0.2) is 5.82 Å². The lowest BCUT2D eigenvalue weighted by Gasteiger charge is -2.27. The molecule has 2 aliphatic heterocycles. The van der Waals surface area contributed by atoms with Gasteiger partial charge in [-0.2, -0.15) is 5.10 Å². The average molecular weight is 420 g/mol. The Kier molecular flexibility index (Phi) is 5.23. The van der Waals surface area contributed by atoms with Crippen LogP contribution in [0.4, 0.5) is 4.39 Å². The maximum Gasteiger partial charge on any atom is 0.255 e. The Labute approximate surface area is 179 Å². The molecule has 0 aliphatic carbocycles. The molecule has 0 unspecified atom stereocenters. The molecule has 0 bridgehead atoms. The van der Waals surface area contributed by atoms with Crippen LogP contribution in [0.15, 0.2) is 40.2 Å². The van der Waals surface area contributed by atoms with Gasteiger partial charge in [-0.15, -0.1) is 0 Å². The van der Waals surface area contributed by atoms with E-state index in [0.717, 1.165) is 72.7 Å². The van der Waals surface area contributed by atoms with Gasteiger partial charge in [-0.3, -0.25) is 14.7 Å². The SMILES string of the molecule is Cc1c(CN2CCc3nc(C4=NCCCC4)[nH]c(=O)c3C2)cnn1-c1ccc(F)cc1. The van der Waals surface area contributed by atoms with Crippen LogP contribution in [0.3, 0.4) is 0 Å². The van der Waals surface area contributed by atoms with Crippen molar-refractivity contribution in [1.82, 2.24) is 24.6 Å². The highest BCUT2D eigenvalue weighted by atomic mass is 19.1. The van der Waals surface area contributed by atoms with Crippen molar-refractivity contribution in [3.8, 4) is 5.69 Å². The molecule has 7 nitrogen and oxygen atoms in total. The van der Waals surface area contributed by atoms with E-state index in [4.69, 9.17) is 4.98 Å². The van der Waals surface area contributed by atoms with E-state index in [1.165, 1.54) is 12.1 Å². The van der Waals surface area contributed by atoms with E-state index in [1.807, 2.05) is 17.8 Å². The Bertz CT molecular complexity index is 1190. The maximum atomic E-state index is 13.2. The Hall–Kier alpha value is -3.13. The number of benzene rings is 1. The minimum Gasteiger partial charge on any atom is -0.305 e. The van der Waals surface area contributed by atoms with Crippen LogP contribution < -0.4 is 5.56 Å². The molecule has 5 rings (SSSR count). The number of nitrogens with zero attached hydrogens (tertiary/aromatic N) is 5. The summed E-state index contributed by atoms with van der Waals surface area (Å²) in [6, 6.07) is 6.31. The van der Waals surface area contributed by atoms with Gasteiger partial charge in [-0.05, 0) is 50.5 Å². The Morgan fingerprint density at radius 1 is 1.16 bits per heavy atom. The van der Waals surface area contributed by atoms with E-state index in [9.17, 15) is 9.18 Å². The van der Waals surface area contributed by atoms with Gasteiger partial charge < -0.3 is 4.98 Å². The molecule has 2 aliphatic rings. The number of halogens is 1.